The fraction of sp³-hybridized carbons (Fsp3) is 0.500. The van der Waals surface area contributed by atoms with E-state index in [9.17, 15) is 4.79 Å². The summed E-state index contributed by atoms with van der Waals surface area (Å²) in [5.74, 6) is 0.640. The van der Waals surface area contributed by atoms with Crippen molar-refractivity contribution in [1.82, 2.24) is 19.8 Å². The summed E-state index contributed by atoms with van der Waals surface area (Å²) >= 11 is 6.00. The molecular formula is C10H14ClN5O. The first-order chi connectivity index (χ1) is 8.20. The molecule has 2 aromatic heterocycles. The van der Waals surface area contributed by atoms with Crippen molar-refractivity contribution in [3.63, 3.8) is 0 Å². The zero-order chi connectivity index (χ0) is 12.3. The van der Waals surface area contributed by atoms with Crippen molar-refractivity contribution >= 4 is 23.1 Å². The molecule has 17 heavy (non-hydrogen) atoms. The van der Waals surface area contributed by atoms with Crippen LogP contribution in [0, 0.1) is 0 Å². The van der Waals surface area contributed by atoms with Crippen molar-refractivity contribution in [1.29, 1.82) is 0 Å². The molecule has 1 unspecified atom stereocenters. The molecule has 0 saturated carbocycles. The van der Waals surface area contributed by atoms with Crippen LogP contribution in [0.5, 0.6) is 0 Å². The maximum absolute atomic E-state index is 11.3. The Morgan fingerprint density at radius 3 is 3.18 bits per heavy atom. The highest BCUT2D eigenvalue weighted by Gasteiger charge is 2.04. The van der Waals surface area contributed by atoms with Gasteiger partial charge in [0, 0.05) is 11.9 Å². The number of anilines is 1. The summed E-state index contributed by atoms with van der Waals surface area (Å²) in [6.07, 6.45) is 1.80. The van der Waals surface area contributed by atoms with Crippen LogP contribution >= 0.6 is 11.6 Å². The first kappa shape index (κ1) is 11.9. The fourth-order valence-corrected chi connectivity index (χ4v) is 1.57. The number of H-pyrrole nitrogens is 1. The van der Waals surface area contributed by atoms with E-state index in [0.29, 0.717) is 11.5 Å². The van der Waals surface area contributed by atoms with E-state index in [1.54, 1.807) is 12.1 Å². The average Bonchev–Trinajstić information content (AvgIpc) is 2.71. The number of nitrogens with zero attached hydrogens (tertiary/aromatic N) is 3. The average molecular weight is 256 g/mol. The maximum atomic E-state index is 11.3. The first-order valence-electron chi connectivity index (χ1n) is 5.53. The van der Waals surface area contributed by atoms with Gasteiger partial charge in [-0.2, -0.15) is 9.61 Å². The Bertz CT molecular complexity index is 549. The van der Waals surface area contributed by atoms with Gasteiger partial charge >= 0.3 is 5.69 Å². The molecule has 0 aliphatic rings. The number of aromatic nitrogens is 4. The lowest BCUT2D eigenvalue weighted by Gasteiger charge is -2.07. The lowest BCUT2D eigenvalue weighted by molar-refractivity contribution is 0.748. The van der Waals surface area contributed by atoms with Crippen LogP contribution in [0.2, 0.25) is 0 Å². The molecule has 0 amide bonds. The Hall–Kier alpha value is -1.56. The second-order valence-corrected chi connectivity index (χ2v) is 4.36. The van der Waals surface area contributed by atoms with Gasteiger partial charge in [0.05, 0.1) is 0 Å². The minimum atomic E-state index is -0.340. The summed E-state index contributed by atoms with van der Waals surface area (Å²) in [7, 11) is 0. The van der Waals surface area contributed by atoms with E-state index in [1.807, 2.05) is 6.92 Å². The monoisotopic (exact) mass is 255 g/mol. The smallest absolute Gasteiger partial charge is 0.364 e. The van der Waals surface area contributed by atoms with Crippen LogP contribution in [0.15, 0.2) is 16.9 Å². The Kier molecular flexibility index (Phi) is 3.63. The molecule has 1 atom stereocenters. The highest BCUT2D eigenvalue weighted by Crippen LogP contribution is 2.08. The molecule has 2 N–H and O–H groups in total. The van der Waals surface area contributed by atoms with Crippen molar-refractivity contribution in [2.24, 2.45) is 0 Å². The van der Waals surface area contributed by atoms with E-state index in [-0.39, 0.29) is 11.1 Å². The molecule has 0 aromatic carbocycles. The Labute approximate surface area is 103 Å². The van der Waals surface area contributed by atoms with Gasteiger partial charge in [-0.1, -0.05) is 6.92 Å². The van der Waals surface area contributed by atoms with E-state index < -0.39 is 0 Å². The second kappa shape index (κ2) is 5.18. The van der Waals surface area contributed by atoms with Crippen molar-refractivity contribution in [3.05, 3.63) is 22.6 Å². The molecule has 92 valence electrons. The van der Waals surface area contributed by atoms with E-state index in [0.717, 1.165) is 19.4 Å². The van der Waals surface area contributed by atoms with Gasteiger partial charge in [-0.3, -0.25) is 0 Å². The summed E-state index contributed by atoms with van der Waals surface area (Å²) in [6.45, 7) is 2.78. The molecule has 0 fully saturated rings. The van der Waals surface area contributed by atoms with Crippen LogP contribution in [0.4, 0.5) is 5.82 Å². The number of hydrogen-bond acceptors (Lipinski definition) is 4. The molecule has 2 heterocycles. The SMILES string of the molecule is CCC(Cl)CCNc1ccc2n[nH]c(=O)n2n1. The third-order valence-corrected chi connectivity index (χ3v) is 3.01. The zero-order valence-corrected chi connectivity index (χ0v) is 10.2. The number of aromatic amines is 1. The Balaban J connectivity index is 2.04. The molecule has 0 radical (unpaired) electrons. The Morgan fingerprint density at radius 1 is 1.59 bits per heavy atom. The number of halogens is 1. The molecule has 0 spiro atoms. The van der Waals surface area contributed by atoms with Gasteiger partial charge in [-0.25, -0.2) is 9.89 Å². The van der Waals surface area contributed by atoms with E-state index in [1.165, 1.54) is 4.52 Å². The fourth-order valence-electron chi connectivity index (χ4n) is 1.46. The molecule has 6 nitrogen and oxygen atoms in total. The zero-order valence-electron chi connectivity index (χ0n) is 9.48. The lowest BCUT2D eigenvalue weighted by Crippen LogP contribution is -2.15. The van der Waals surface area contributed by atoms with Gasteiger partial charge in [-0.15, -0.1) is 16.7 Å². The normalized spacial score (nSPS) is 12.8. The predicted molar refractivity (Wildman–Crippen MR) is 66.6 cm³/mol. The van der Waals surface area contributed by atoms with Gasteiger partial charge in [0.1, 0.15) is 5.82 Å². The molecule has 0 aliphatic heterocycles. The number of nitrogens with one attached hydrogen (secondary N) is 2. The highest BCUT2D eigenvalue weighted by atomic mass is 35.5. The van der Waals surface area contributed by atoms with Crippen LogP contribution in [-0.2, 0) is 0 Å². The van der Waals surface area contributed by atoms with Crippen molar-refractivity contribution in [2.75, 3.05) is 11.9 Å². The summed E-state index contributed by atoms with van der Waals surface area (Å²) in [5, 5.41) is 13.5. The third-order valence-electron chi connectivity index (χ3n) is 2.48. The second-order valence-electron chi connectivity index (χ2n) is 3.74. The minimum absolute atomic E-state index is 0.169. The molecule has 2 aromatic rings. The van der Waals surface area contributed by atoms with Gasteiger partial charge in [0.25, 0.3) is 0 Å². The van der Waals surface area contributed by atoms with Gasteiger partial charge in [0.2, 0.25) is 0 Å². The van der Waals surface area contributed by atoms with Crippen LogP contribution in [0.25, 0.3) is 5.65 Å². The van der Waals surface area contributed by atoms with E-state index >= 15 is 0 Å². The van der Waals surface area contributed by atoms with Crippen LogP contribution in [0.1, 0.15) is 19.8 Å². The highest BCUT2D eigenvalue weighted by molar-refractivity contribution is 6.20. The number of alkyl halides is 1. The standard InChI is InChI=1S/C10H14ClN5O/c1-2-7(11)5-6-12-8-3-4-9-13-14-10(17)16(9)15-8/h3-4,7H,2,5-6H2,1H3,(H,12,15)(H,14,17). The Morgan fingerprint density at radius 2 is 2.41 bits per heavy atom. The number of rotatable bonds is 5. The van der Waals surface area contributed by atoms with E-state index in [4.69, 9.17) is 11.6 Å². The summed E-state index contributed by atoms with van der Waals surface area (Å²) in [5.41, 5.74) is 0.164. The molecule has 0 bridgehead atoms. The van der Waals surface area contributed by atoms with Crippen LogP contribution < -0.4 is 11.0 Å². The topological polar surface area (TPSA) is 75.1 Å². The van der Waals surface area contributed by atoms with E-state index in [2.05, 4.69) is 20.6 Å². The lowest BCUT2D eigenvalue weighted by atomic mass is 10.2. The molecular weight excluding hydrogens is 242 g/mol. The third kappa shape index (κ3) is 2.76. The van der Waals surface area contributed by atoms with Crippen molar-refractivity contribution < 1.29 is 0 Å². The van der Waals surface area contributed by atoms with Gasteiger partial charge in [0.15, 0.2) is 5.65 Å². The molecule has 7 heteroatoms. The largest absolute Gasteiger partial charge is 0.369 e. The maximum Gasteiger partial charge on any atom is 0.364 e. The van der Waals surface area contributed by atoms with Crippen LogP contribution in [0.3, 0.4) is 0 Å². The quantitative estimate of drug-likeness (QED) is 0.789. The van der Waals surface area contributed by atoms with Crippen LogP contribution in [-0.4, -0.2) is 31.7 Å². The summed E-state index contributed by atoms with van der Waals surface area (Å²) in [6, 6.07) is 3.51. The molecule has 2 rings (SSSR count). The van der Waals surface area contributed by atoms with Crippen molar-refractivity contribution in [3.8, 4) is 0 Å². The predicted octanol–water partition coefficient (Wildman–Crippen LogP) is 1.24. The van der Waals surface area contributed by atoms with Gasteiger partial charge < -0.3 is 5.32 Å². The number of hydrogen-bond donors (Lipinski definition) is 2. The first-order valence-corrected chi connectivity index (χ1v) is 5.96. The molecule has 0 saturated heterocycles. The summed E-state index contributed by atoms with van der Waals surface area (Å²) in [4.78, 5) is 11.3. The molecule has 0 aliphatic carbocycles. The van der Waals surface area contributed by atoms with Gasteiger partial charge in [-0.05, 0) is 25.0 Å². The minimum Gasteiger partial charge on any atom is -0.369 e. The van der Waals surface area contributed by atoms with Crippen molar-refractivity contribution in [2.45, 2.75) is 25.1 Å². The summed E-state index contributed by atoms with van der Waals surface area (Å²) < 4.78 is 1.22. The number of fused-ring (bicyclic) bond motifs is 1.